The quantitative estimate of drug-likeness (QED) is 0.297. The lowest BCUT2D eigenvalue weighted by Crippen LogP contribution is -2.37. The number of nitrogens with zero attached hydrogens (tertiary/aromatic N) is 3. The van der Waals surface area contributed by atoms with Crippen LogP contribution in [-0.4, -0.2) is 52.2 Å². The minimum atomic E-state index is -0.598. The van der Waals surface area contributed by atoms with Crippen molar-refractivity contribution in [2.45, 2.75) is 26.5 Å². The van der Waals surface area contributed by atoms with Crippen molar-refractivity contribution < 1.29 is 14.6 Å². The Morgan fingerprint density at radius 3 is 2.36 bits per heavy atom. The molecular weight excluding hydrogens is 414 g/mol. The van der Waals surface area contributed by atoms with E-state index in [2.05, 4.69) is 37.5 Å². The van der Waals surface area contributed by atoms with Crippen LogP contribution in [0.2, 0.25) is 0 Å². The molecule has 0 saturated carbocycles. The van der Waals surface area contributed by atoms with Crippen LogP contribution in [0.3, 0.4) is 0 Å². The monoisotopic (exact) mass is 449 g/mol. The van der Waals surface area contributed by atoms with Gasteiger partial charge < -0.3 is 14.6 Å². The number of hydrogen-bond acceptors (Lipinski definition) is 5. The van der Waals surface area contributed by atoms with Gasteiger partial charge in [0.05, 0.1) is 24.9 Å². The molecule has 1 N–H and O–H groups in total. The molecule has 0 aliphatic carbocycles. The number of aryl methyl sites for hydroxylation is 1. The van der Waals surface area contributed by atoms with Crippen molar-refractivity contribution in [1.82, 2.24) is 14.7 Å². The fraction of sp³-hybridized carbons (Fsp3) is 0.370. The molecule has 0 radical (unpaired) electrons. The van der Waals surface area contributed by atoms with E-state index in [9.17, 15) is 5.11 Å². The molecule has 0 fully saturated rings. The highest BCUT2D eigenvalue weighted by molar-refractivity contribution is 5.65. The first-order chi connectivity index (χ1) is 16.0. The van der Waals surface area contributed by atoms with Crippen LogP contribution in [0.5, 0.6) is 11.6 Å². The van der Waals surface area contributed by atoms with Crippen LogP contribution in [0.1, 0.15) is 19.4 Å². The van der Waals surface area contributed by atoms with Crippen LogP contribution in [-0.2, 0) is 18.3 Å². The number of ether oxygens (including phenoxy) is 2. The van der Waals surface area contributed by atoms with Crippen molar-refractivity contribution in [2.75, 3.05) is 26.3 Å². The summed E-state index contributed by atoms with van der Waals surface area (Å²) >= 11 is 0. The number of aliphatic hydroxyl groups is 1. The Balaban J connectivity index is 1.93. The predicted octanol–water partition coefficient (Wildman–Crippen LogP) is 4.90. The number of benzene rings is 2. The molecule has 3 aromatic rings. The summed E-state index contributed by atoms with van der Waals surface area (Å²) in [5.41, 5.74) is 2.91. The van der Waals surface area contributed by atoms with Crippen molar-refractivity contribution in [1.29, 1.82) is 0 Å². The standard InChI is InChI=1S/C27H35N3O3/c1-5-16-32-20-23(31)18-30(17-21(2)3)19-25-26(22-12-8-6-9-13-22)28-29(4)27(25)33-24-14-10-7-11-15-24/h5-15,21,23,31H,1,16-20H2,2-4H3/t23-/m0/s1. The fourth-order valence-electron chi connectivity index (χ4n) is 3.83. The zero-order valence-corrected chi connectivity index (χ0v) is 19.9. The van der Waals surface area contributed by atoms with Gasteiger partial charge >= 0.3 is 0 Å². The van der Waals surface area contributed by atoms with Crippen LogP contribution >= 0.6 is 0 Å². The molecule has 0 saturated heterocycles. The first kappa shape index (κ1) is 24.7. The van der Waals surface area contributed by atoms with Crippen LogP contribution in [0, 0.1) is 5.92 Å². The molecule has 0 amide bonds. The summed E-state index contributed by atoms with van der Waals surface area (Å²) in [6, 6.07) is 19.9. The summed E-state index contributed by atoms with van der Waals surface area (Å²) in [5.74, 6) is 1.89. The van der Waals surface area contributed by atoms with Gasteiger partial charge in [0.15, 0.2) is 0 Å². The molecule has 1 atom stereocenters. The topological polar surface area (TPSA) is 59.8 Å². The van der Waals surface area contributed by atoms with Gasteiger partial charge in [0.2, 0.25) is 5.88 Å². The van der Waals surface area contributed by atoms with Gasteiger partial charge in [-0.25, -0.2) is 4.68 Å². The first-order valence-electron chi connectivity index (χ1n) is 11.4. The summed E-state index contributed by atoms with van der Waals surface area (Å²) < 4.78 is 13.6. The van der Waals surface area contributed by atoms with E-state index >= 15 is 0 Å². The molecule has 1 aromatic heterocycles. The largest absolute Gasteiger partial charge is 0.439 e. The van der Waals surface area contributed by atoms with Crippen molar-refractivity contribution in [3.05, 3.63) is 78.9 Å². The van der Waals surface area contributed by atoms with E-state index < -0.39 is 6.10 Å². The molecule has 0 aliphatic heterocycles. The van der Waals surface area contributed by atoms with Crippen LogP contribution < -0.4 is 4.74 Å². The van der Waals surface area contributed by atoms with Gasteiger partial charge in [-0.2, -0.15) is 5.10 Å². The molecule has 6 nitrogen and oxygen atoms in total. The lowest BCUT2D eigenvalue weighted by Gasteiger charge is -2.27. The summed E-state index contributed by atoms with van der Waals surface area (Å²) in [6.45, 7) is 10.6. The third kappa shape index (κ3) is 7.29. The Kier molecular flexibility index (Phi) is 9.24. The Labute approximate surface area is 197 Å². The molecule has 2 aromatic carbocycles. The van der Waals surface area contributed by atoms with E-state index in [0.29, 0.717) is 31.5 Å². The zero-order valence-electron chi connectivity index (χ0n) is 19.9. The third-order valence-electron chi connectivity index (χ3n) is 5.11. The minimum Gasteiger partial charge on any atom is -0.439 e. The molecule has 1 heterocycles. The lowest BCUT2D eigenvalue weighted by molar-refractivity contribution is 0.0222. The maximum Gasteiger partial charge on any atom is 0.222 e. The highest BCUT2D eigenvalue weighted by atomic mass is 16.5. The molecule has 0 spiro atoms. The van der Waals surface area contributed by atoms with Crippen LogP contribution in [0.15, 0.2) is 73.3 Å². The van der Waals surface area contributed by atoms with Gasteiger partial charge in [0, 0.05) is 32.2 Å². The van der Waals surface area contributed by atoms with E-state index in [-0.39, 0.29) is 6.61 Å². The molecular formula is C27H35N3O3. The lowest BCUT2D eigenvalue weighted by atomic mass is 10.1. The van der Waals surface area contributed by atoms with E-state index in [1.54, 1.807) is 10.8 Å². The van der Waals surface area contributed by atoms with Gasteiger partial charge in [-0.3, -0.25) is 4.90 Å². The van der Waals surface area contributed by atoms with E-state index in [4.69, 9.17) is 14.6 Å². The molecule has 6 heteroatoms. The van der Waals surface area contributed by atoms with Gasteiger partial charge in [0.1, 0.15) is 11.4 Å². The van der Waals surface area contributed by atoms with E-state index in [1.165, 1.54) is 0 Å². The SMILES string of the molecule is C=CCOC[C@@H](O)CN(Cc1c(-c2ccccc2)nn(C)c1Oc1ccccc1)CC(C)C. The van der Waals surface area contributed by atoms with Crippen molar-refractivity contribution in [3.8, 4) is 22.9 Å². The first-order valence-corrected chi connectivity index (χ1v) is 11.4. The Morgan fingerprint density at radius 1 is 1.06 bits per heavy atom. The number of rotatable bonds is 13. The molecule has 3 rings (SSSR count). The Bertz CT molecular complexity index is 987. The molecule has 0 unspecified atom stereocenters. The maximum absolute atomic E-state index is 10.6. The van der Waals surface area contributed by atoms with Crippen molar-refractivity contribution in [2.24, 2.45) is 13.0 Å². The van der Waals surface area contributed by atoms with Gasteiger partial charge in [-0.1, -0.05) is 68.5 Å². The summed E-state index contributed by atoms with van der Waals surface area (Å²) in [7, 11) is 1.90. The summed E-state index contributed by atoms with van der Waals surface area (Å²) in [6.07, 6.45) is 1.09. The fourth-order valence-corrected chi connectivity index (χ4v) is 3.83. The zero-order chi connectivity index (χ0) is 23.6. The van der Waals surface area contributed by atoms with Crippen molar-refractivity contribution in [3.63, 3.8) is 0 Å². The predicted molar refractivity (Wildman–Crippen MR) is 132 cm³/mol. The Hall–Kier alpha value is -2.93. The third-order valence-corrected chi connectivity index (χ3v) is 5.11. The van der Waals surface area contributed by atoms with Gasteiger partial charge in [-0.05, 0) is 18.1 Å². The van der Waals surface area contributed by atoms with Gasteiger partial charge in [0.25, 0.3) is 0 Å². The normalized spacial score (nSPS) is 12.3. The molecule has 0 aliphatic rings. The maximum atomic E-state index is 10.6. The highest BCUT2D eigenvalue weighted by Gasteiger charge is 2.23. The number of hydrogen-bond donors (Lipinski definition) is 1. The highest BCUT2D eigenvalue weighted by Crippen LogP contribution is 2.34. The van der Waals surface area contributed by atoms with E-state index in [0.717, 1.165) is 29.1 Å². The number of aromatic nitrogens is 2. The summed E-state index contributed by atoms with van der Waals surface area (Å²) in [4.78, 5) is 2.24. The second-order valence-corrected chi connectivity index (χ2v) is 8.60. The smallest absolute Gasteiger partial charge is 0.222 e. The Morgan fingerprint density at radius 2 is 1.73 bits per heavy atom. The van der Waals surface area contributed by atoms with Gasteiger partial charge in [-0.15, -0.1) is 6.58 Å². The molecule has 0 bridgehead atoms. The average Bonchev–Trinajstić information content (AvgIpc) is 3.10. The summed E-state index contributed by atoms with van der Waals surface area (Å²) in [5, 5.41) is 15.4. The van der Waals surface area contributed by atoms with Crippen LogP contribution in [0.25, 0.3) is 11.3 Å². The number of para-hydroxylation sites is 1. The molecule has 33 heavy (non-hydrogen) atoms. The van der Waals surface area contributed by atoms with E-state index in [1.807, 2.05) is 55.6 Å². The second-order valence-electron chi connectivity index (χ2n) is 8.60. The number of aliphatic hydroxyl groups excluding tert-OH is 1. The van der Waals surface area contributed by atoms with Crippen molar-refractivity contribution >= 4 is 0 Å². The second kappa shape index (κ2) is 12.3. The average molecular weight is 450 g/mol. The molecule has 176 valence electrons. The van der Waals surface area contributed by atoms with Crippen LogP contribution in [0.4, 0.5) is 0 Å². The minimum absolute atomic E-state index is 0.270.